The molecule has 1 unspecified atom stereocenters. The number of rotatable bonds is 11. The Balaban J connectivity index is 1.25. The van der Waals surface area contributed by atoms with E-state index >= 15 is 0 Å². The molecule has 3 aromatic heterocycles. The minimum Gasteiger partial charge on any atom is -0.464 e. The highest BCUT2D eigenvalue weighted by atomic mass is 32.1. The van der Waals surface area contributed by atoms with Crippen LogP contribution in [-0.4, -0.2) is 114 Å². The molecule has 62 heavy (non-hydrogen) atoms. The van der Waals surface area contributed by atoms with Crippen molar-refractivity contribution in [2.24, 2.45) is 23.2 Å². The zero-order chi connectivity index (χ0) is 43.9. The number of carbonyl (C=O) groups is 3. The summed E-state index contributed by atoms with van der Waals surface area (Å²) in [7, 11) is 3.44. The summed E-state index contributed by atoms with van der Waals surface area (Å²) in [5.74, 6) is -0.784. The number of carbonyl (C=O) groups excluding carboxylic acids is 3. The van der Waals surface area contributed by atoms with Crippen LogP contribution in [0.4, 0.5) is 0 Å². The van der Waals surface area contributed by atoms with Crippen molar-refractivity contribution in [2.45, 2.75) is 104 Å². The van der Waals surface area contributed by atoms with Crippen LogP contribution in [0.5, 0.6) is 0 Å². The molecule has 334 valence electrons. The van der Waals surface area contributed by atoms with Crippen LogP contribution in [0.25, 0.3) is 33.4 Å². The van der Waals surface area contributed by atoms with Crippen molar-refractivity contribution in [3.63, 3.8) is 0 Å². The van der Waals surface area contributed by atoms with Crippen LogP contribution in [-0.2, 0) is 46.3 Å². The van der Waals surface area contributed by atoms with Crippen molar-refractivity contribution in [3.8, 4) is 22.5 Å². The molecule has 1 aliphatic carbocycles. The van der Waals surface area contributed by atoms with Crippen molar-refractivity contribution in [1.29, 1.82) is 0 Å². The molecule has 1 saturated carbocycles. The topological polar surface area (TPSA) is 149 Å². The highest BCUT2D eigenvalue weighted by Gasteiger charge is 2.50. The van der Waals surface area contributed by atoms with Gasteiger partial charge in [-0.3, -0.25) is 29.3 Å². The summed E-state index contributed by atoms with van der Waals surface area (Å²) < 4.78 is 26.7. The third kappa shape index (κ3) is 8.94. The van der Waals surface area contributed by atoms with Crippen LogP contribution in [0.1, 0.15) is 89.3 Å². The van der Waals surface area contributed by atoms with Gasteiger partial charge in [-0.1, -0.05) is 33.8 Å². The number of aryl methyl sites for hydroxylation is 1. The Morgan fingerprint density at radius 2 is 1.94 bits per heavy atom. The number of thiazole rings is 1. The van der Waals surface area contributed by atoms with Gasteiger partial charge in [-0.2, -0.15) is 0 Å². The third-order valence-electron chi connectivity index (χ3n) is 13.6. The Labute approximate surface area is 369 Å². The number of nitrogens with zero attached hydrogens (tertiary/aromatic N) is 5. The summed E-state index contributed by atoms with van der Waals surface area (Å²) in [5, 5.41) is 8.30. The number of ether oxygens (including phenoxy) is 4. The predicted octanol–water partition coefficient (Wildman–Crippen LogP) is 6.34. The summed E-state index contributed by atoms with van der Waals surface area (Å²) in [6.07, 6.45) is 3.45. The fourth-order valence-electron chi connectivity index (χ4n) is 9.65. The Kier molecular flexibility index (Phi) is 13.2. The molecule has 8 rings (SSSR count). The number of esters is 1. The number of fused-ring (bicyclic) bond motifs is 6. The van der Waals surface area contributed by atoms with Crippen LogP contribution in [0.3, 0.4) is 0 Å². The quantitative estimate of drug-likeness (QED) is 0.163. The Hall–Kier alpha value is -4.25. The van der Waals surface area contributed by atoms with Crippen molar-refractivity contribution < 1.29 is 33.3 Å². The first-order valence-corrected chi connectivity index (χ1v) is 23.2. The lowest BCUT2D eigenvalue weighted by atomic mass is 9.84. The maximum absolute atomic E-state index is 14.9. The molecule has 15 heteroatoms. The van der Waals surface area contributed by atoms with Gasteiger partial charge in [0.15, 0.2) is 0 Å². The number of hydrazine groups is 1. The molecule has 2 N–H and O–H groups in total. The first-order chi connectivity index (χ1) is 29.8. The molecule has 3 fully saturated rings. The molecule has 2 saturated heterocycles. The van der Waals surface area contributed by atoms with Crippen molar-refractivity contribution in [1.82, 2.24) is 35.2 Å². The number of hydrogen-bond donors (Lipinski definition) is 2. The van der Waals surface area contributed by atoms with Gasteiger partial charge in [0.25, 0.3) is 5.91 Å². The number of methoxy groups -OCH3 is 2. The third-order valence-corrected chi connectivity index (χ3v) is 14.5. The number of hydrogen-bond acceptors (Lipinski definition) is 12. The Morgan fingerprint density at radius 3 is 2.66 bits per heavy atom. The molecule has 0 spiro atoms. The van der Waals surface area contributed by atoms with Crippen molar-refractivity contribution >= 4 is 40.0 Å². The maximum Gasteiger partial charge on any atom is 0.324 e. The second-order valence-corrected chi connectivity index (χ2v) is 19.3. The van der Waals surface area contributed by atoms with E-state index in [9.17, 15) is 14.4 Å². The molecule has 2 amide bonds. The van der Waals surface area contributed by atoms with E-state index in [1.807, 2.05) is 18.4 Å². The molecule has 1 aromatic carbocycles. The summed E-state index contributed by atoms with van der Waals surface area (Å²) in [4.78, 5) is 55.2. The number of nitrogens with one attached hydrogen (secondary N) is 2. The summed E-state index contributed by atoms with van der Waals surface area (Å²) >= 11 is 1.42. The van der Waals surface area contributed by atoms with Gasteiger partial charge in [0.2, 0.25) is 5.91 Å². The van der Waals surface area contributed by atoms with Crippen molar-refractivity contribution in [3.05, 3.63) is 58.2 Å². The van der Waals surface area contributed by atoms with E-state index in [0.29, 0.717) is 50.5 Å². The van der Waals surface area contributed by atoms with Gasteiger partial charge in [-0.05, 0) is 81.2 Å². The van der Waals surface area contributed by atoms with Gasteiger partial charge in [-0.15, -0.1) is 11.3 Å². The van der Waals surface area contributed by atoms with Gasteiger partial charge in [0.1, 0.15) is 23.2 Å². The number of likely N-dealkylation sites (tertiary alicyclic amines) is 1. The zero-order valence-corrected chi connectivity index (χ0v) is 38.3. The number of benzene rings is 1. The van der Waals surface area contributed by atoms with E-state index in [2.05, 4.69) is 79.1 Å². The minimum atomic E-state index is -1.11. The van der Waals surface area contributed by atoms with E-state index in [4.69, 9.17) is 28.9 Å². The highest BCUT2D eigenvalue weighted by molar-refractivity contribution is 7.10. The van der Waals surface area contributed by atoms with Gasteiger partial charge in [0.05, 0.1) is 42.5 Å². The lowest BCUT2D eigenvalue weighted by Crippen LogP contribution is -2.61. The molecule has 6 heterocycles. The number of aromatic nitrogens is 3. The predicted molar refractivity (Wildman–Crippen MR) is 238 cm³/mol. The summed E-state index contributed by atoms with van der Waals surface area (Å²) in [5.41, 5.74) is 9.49. The van der Waals surface area contributed by atoms with Crippen LogP contribution in [0.2, 0.25) is 0 Å². The Bertz CT molecular complexity index is 2270. The SMILES string of the molecule is CCn1c(-c2cccnc2[C@H](C)OC)c2c3cc(ccc31)-c1csc(n1)[C@@H](OCCN1CC[C@@H](OC)C1)[C@H](NC(=O)C1[C@@H](C)[C@H]1C)C(=O)N1CCC[C@H](N1)C(=O)OCC(C)(C)C2. The lowest BCUT2D eigenvalue weighted by molar-refractivity contribution is -0.157. The molecule has 6 bridgehead atoms. The van der Waals surface area contributed by atoms with E-state index in [1.165, 1.54) is 16.3 Å². The van der Waals surface area contributed by atoms with E-state index in [1.54, 1.807) is 20.4 Å². The van der Waals surface area contributed by atoms with Crippen molar-refractivity contribution in [2.75, 3.05) is 53.6 Å². The molecular weight excluding hydrogens is 807 g/mol. The molecule has 0 radical (unpaired) electrons. The van der Waals surface area contributed by atoms with Gasteiger partial charge < -0.3 is 28.8 Å². The van der Waals surface area contributed by atoms with Gasteiger partial charge in [-0.25, -0.2) is 10.4 Å². The average Bonchev–Trinajstić information content (AvgIpc) is 3.74. The molecule has 3 aliphatic heterocycles. The normalized spacial score (nSPS) is 27.2. The first kappa shape index (κ1) is 44.4. The Morgan fingerprint density at radius 1 is 1.13 bits per heavy atom. The molecule has 8 atom stereocenters. The largest absolute Gasteiger partial charge is 0.464 e. The number of pyridine rings is 1. The monoisotopic (exact) mass is 869 g/mol. The smallest absolute Gasteiger partial charge is 0.324 e. The molecule has 4 aliphatic rings. The molecule has 14 nitrogen and oxygen atoms in total. The van der Waals surface area contributed by atoms with E-state index in [-0.39, 0.29) is 48.4 Å². The van der Waals surface area contributed by atoms with Gasteiger partial charge >= 0.3 is 5.97 Å². The van der Waals surface area contributed by atoms with Crippen LogP contribution < -0.4 is 10.7 Å². The maximum atomic E-state index is 14.9. The number of cyclic esters (lactones) is 1. The second-order valence-electron chi connectivity index (χ2n) is 18.4. The second kappa shape index (κ2) is 18.5. The summed E-state index contributed by atoms with van der Waals surface area (Å²) in [6.45, 7) is 16.4. The average molecular weight is 870 g/mol. The molecule has 4 aromatic rings. The van der Waals surface area contributed by atoms with Crippen LogP contribution in [0, 0.1) is 23.2 Å². The summed E-state index contributed by atoms with van der Waals surface area (Å²) in [6, 6.07) is 8.69. The van der Waals surface area contributed by atoms with Crippen LogP contribution >= 0.6 is 11.3 Å². The highest BCUT2D eigenvalue weighted by Crippen LogP contribution is 2.46. The fraction of sp³-hybridized carbons (Fsp3) is 0.596. The van der Waals surface area contributed by atoms with Crippen LogP contribution in [0.15, 0.2) is 41.9 Å². The standard InChI is InChI=1S/C47H63N7O7S/c1-9-53-37-15-14-30-22-33(37)34(41(53)32-12-10-17-48-39(32)29(4)58-7)23-47(5,6)26-61-46(57)35-13-11-18-54(51-35)45(56)40(50-43(55)38-27(2)28(38)3)42(44-49-36(30)25-62-44)60-21-20-52-19-16-31(24-52)59-8/h10,12,14-15,17,22,25,27-29,31,35,38,40,42,51H,9,11,13,16,18-21,23-24,26H2,1-8H3,(H,50,55)/t27-,28+,29-,31+,35-,38?,40-,42-/m0/s1. The van der Waals surface area contributed by atoms with E-state index < -0.39 is 29.6 Å². The first-order valence-electron chi connectivity index (χ1n) is 22.3. The lowest BCUT2D eigenvalue weighted by Gasteiger charge is -2.37. The van der Waals surface area contributed by atoms with Gasteiger partial charge in [0, 0.05) is 91.9 Å². The fourth-order valence-corrected chi connectivity index (χ4v) is 10.6. The van der Waals surface area contributed by atoms with E-state index in [0.717, 1.165) is 64.2 Å². The zero-order valence-electron chi connectivity index (χ0n) is 37.4. The number of amides is 2. The minimum absolute atomic E-state index is 0.161. The molecular formula is C47H63N7O7S.